The fraction of sp³-hybridized carbons (Fsp3) is 0.273. The zero-order chi connectivity index (χ0) is 12.8. The monoisotopic (exact) mass is 300 g/mol. The third-order valence-corrected chi connectivity index (χ3v) is 2.93. The zero-order valence-electron chi connectivity index (χ0n) is 9.27. The van der Waals surface area contributed by atoms with Crippen LogP contribution in [0.5, 0.6) is 0 Å². The van der Waals surface area contributed by atoms with Gasteiger partial charge in [0, 0.05) is 17.9 Å². The van der Waals surface area contributed by atoms with Gasteiger partial charge in [-0.15, -0.1) is 0 Å². The summed E-state index contributed by atoms with van der Waals surface area (Å²) in [4.78, 5) is 22.2. The second-order valence-electron chi connectivity index (χ2n) is 3.34. The summed E-state index contributed by atoms with van der Waals surface area (Å²) in [5.41, 5.74) is 5.79. The molecule has 1 atom stereocenters. The Morgan fingerprint density at radius 1 is 1.47 bits per heavy atom. The number of amides is 2. The van der Waals surface area contributed by atoms with Crippen LogP contribution >= 0.6 is 15.9 Å². The minimum absolute atomic E-state index is 0.268. The summed E-state index contributed by atoms with van der Waals surface area (Å²) in [6.07, 6.45) is -1.62. The van der Waals surface area contributed by atoms with Crippen molar-refractivity contribution in [1.82, 2.24) is 5.32 Å². The average molecular weight is 301 g/mol. The number of likely N-dealkylation sites (N-methyl/N-ethyl adjacent to an activating group) is 1. The van der Waals surface area contributed by atoms with E-state index >= 15 is 0 Å². The van der Waals surface area contributed by atoms with Crippen molar-refractivity contribution in [2.45, 2.75) is 12.5 Å². The highest BCUT2D eigenvalue weighted by atomic mass is 79.9. The van der Waals surface area contributed by atoms with E-state index < -0.39 is 12.2 Å². The summed E-state index contributed by atoms with van der Waals surface area (Å²) in [5, 5.41) is 2.42. The van der Waals surface area contributed by atoms with E-state index in [1.807, 2.05) is 24.3 Å². The summed E-state index contributed by atoms with van der Waals surface area (Å²) in [5.74, 6) is -0.389. The van der Waals surface area contributed by atoms with Crippen LogP contribution in [0.2, 0.25) is 0 Å². The van der Waals surface area contributed by atoms with Crippen LogP contribution in [-0.4, -0.2) is 25.2 Å². The van der Waals surface area contributed by atoms with Gasteiger partial charge in [-0.25, -0.2) is 4.79 Å². The number of benzene rings is 1. The van der Waals surface area contributed by atoms with Crippen molar-refractivity contribution in [1.29, 1.82) is 0 Å². The van der Waals surface area contributed by atoms with Crippen LogP contribution in [0.15, 0.2) is 28.7 Å². The fourth-order valence-electron chi connectivity index (χ4n) is 1.35. The van der Waals surface area contributed by atoms with Crippen molar-refractivity contribution < 1.29 is 14.3 Å². The highest BCUT2D eigenvalue weighted by Crippen LogP contribution is 2.18. The number of nitrogens with two attached hydrogens (primary N) is 1. The molecule has 0 saturated heterocycles. The number of rotatable bonds is 4. The number of halogens is 1. The second kappa shape index (κ2) is 6.24. The largest absolute Gasteiger partial charge is 0.436 e. The van der Waals surface area contributed by atoms with Gasteiger partial charge in [0.2, 0.25) is 0 Å². The van der Waals surface area contributed by atoms with Gasteiger partial charge in [0.1, 0.15) is 0 Å². The van der Waals surface area contributed by atoms with Crippen LogP contribution in [0.25, 0.3) is 0 Å². The van der Waals surface area contributed by atoms with Crippen LogP contribution in [0.1, 0.15) is 5.56 Å². The van der Waals surface area contributed by atoms with Crippen molar-refractivity contribution >= 4 is 27.9 Å². The first-order valence-corrected chi connectivity index (χ1v) is 5.75. The van der Waals surface area contributed by atoms with Crippen molar-refractivity contribution in [3.05, 3.63) is 34.3 Å². The first-order valence-electron chi connectivity index (χ1n) is 4.95. The minimum atomic E-state index is -0.967. The quantitative estimate of drug-likeness (QED) is 0.877. The van der Waals surface area contributed by atoms with Gasteiger partial charge in [-0.1, -0.05) is 34.1 Å². The number of hydrogen-bond acceptors (Lipinski definition) is 3. The van der Waals surface area contributed by atoms with E-state index in [0.717, 1.165) is 10.0 Å². The summed E-state index contributed by atoms with van der Waals surface area (Å²) >= 11 is 3.36. The molecule has 0 radical (unpaired) electrons. The molecular formula is C11H13BrN2O3. The lowest BCUT2D eigenvalue weighted by Gasteiger charge is -2.15. The molecule has 6 heteroatoms. The average Bonchev–Trinajstić information content (AvgIpc) is 2.29. The molecule has 0 unspecified atom stereocenters. The smallest absolute Gasteiger partial charge is 0.405 e. The van der Waals surface area contributed by atoms with Crippen molar-refractivity contribution in [2.24, 2.45) is 5.73 Å². The number of hydrogen-bond donors (Lipinski definition) is 2. The highest BCUT2D eigenvalue weighted by molar-refractivity contribution is 9.10. The molecule has 0 bridgehead atoms. The lowest BCUT2D eigenvalue weighted by Crippen LogP contribution is -2.38. The van der Waals surface area contributed by atoms with E-state index in [1.54, 1.807) is 0 Å². The third-order valence-electron chi connectivity index (χ3n) is 2.16. The lowest BCUT2D eigenvalue weighted by molar-refractivity contribution is -0.128. The van der Waals surface area contributed by atoms with E-state index in [9.17, 15) is 9.59 Å². The Kier molecular flexibility index (Phi) is 4.96. The van der Waals surface area contributed by atoms with Crippen LogP contribution in [-0.2, 0) is 16.0 Å². The summed E-state index contributed by atoms with van der Waals surface area (Å²) < 4.78 is 5.62. The molecular weight excluding hydrogens is 288 g/mol. The topological polar surface area (TPSA) is 81.4 Å². The van der Waals surface area contributed by atoms with Gasteiger partial charge in [-0.3, -0.25) is 4.79 Å². The predicted octanol–water partition coefficient (Wildman–Crippen LogP) is 1.20. The maximum Gasteiger partial charge on any atom is 0.405 e. The van der Waals surface area contributed by atoms with Crippen molar-refractivity contribution in [2.75, 3.05) is 7.05 Å². The molecule has 0 aromatic heterocycles. The van der Waals surface area contributed by atoms with Gasteiger partial charge in [0.15, 0.2) is 6.10 Å². The Morgan fingerprint density at radius 3 is 2.65 bits per heavy atom. The summed E-state index contributed by atoms with van der Waals surface area (Å²) in [7, 11) is 1.47. The summed E-state index contributed by atoms with van der Waals surface area (Å²) in [6.45, 7) is 0. The normalized spacial score (nSPS) is 11.6. The van der Waals surface area contributed by atoms with Gasteiger partial charge in [0.05, 0.1) is 0 Å². The van der Waals surface area contributed by atoms with E-state index in [0.29, 0.717) is 0 Å². The standard InChI is InChI=1S/C11H13BrN2O3/c1-14-10(15)9(17-11(13)16)6-7-4-2-3-5-8(7)12/h2-5,9H,6H2,1H3,(H2,13,16)(H,14,15)/t9-/m1/s1. The van der Waals surface area contributed by atoms with Gasteiger partial charge in [0.25, 0.3) is 5.91 Å². The molecule has 0 aliphatic heterocycles. The van der Waals surface area contributed by atoms with Crippen molar-refractivity contribution in [3.63, 3.8) is 0 Å². The van der Waals surface area contributed by atoms with Gasteiger partial charge in [-0.2, -0.15) is 0 Å². The van der Waals surface area contributed by atoms with Crippen LogP contribution in [0.3, 0.4) is 0 Å². The molecule has 17 heavy (non-hydrogen) atoms. The van der Waals surface area contributed by atoms with E-state index in [1.165, 1.54) is 7.05 Å². The molecule has 0 aliphatic rings. The Hall–Kier alpha value is -1.56. The maximum atomic E-state index is 11.5. The molecule has 5 nitrogen and oxygen atoms in total. The van der Waals surface area contributed by atoms with Gasteiger partial charge < -0.3 is 15.8 Å². The van der Waals surface area contributed by atoms with E-state index in [4.69, 9.17) is 10.5 Å². The number of primary amides is 1. The Labute approximate surface area is 107 Å². The number of nitrogens with one attached hydrogen (secondary N) is 1. The molecule has 1 rings (SSSR count). The first kappa shape index (κ1) is 13.5. The van der Waals surface area contributed by atoms with Gasteiger partial charge in [-0.05, 0) is 11.6 Å². The lowest BCUT2D eigenvalue weighted by atomic mass is 10.1. The number of carbonyl (C=O) groups is 2. The molecule has 92 valence electrons. The maximum absolute atomic E-state index is 11.5. The first-order chi connectivity index (χ1) is 8.04. The summed E-state index contributed by atoms with van der Waals surface area (Å²) in [6, 6.07) is 7.38. The van der Waals surface area contributed by atoms with Crippen LogP contribution < -0.4 is 11.1 Å². The molecule has 2 amide bonds. The van der Waals surface area contributed by atoms with E-state index in [-0.39, 0.29) is 12.3 Å². The zero-order valence-corrected chi connectivity index (χ0v) is 10.9. The number of carbonyl (C=O) groups excluding carboxylic acids is 2. The molecule has 3 N–H and O–H groups in total. The second-order valence-corrected chi connectivity index (χ2v) is 4.19. The SMILES string of the molecule is CNC(=O)[C@@H](Cc1ccccc1Br)OC(N)=O. The molecule has 0 spiro atoms. The highest BCUT2D eigenvalue weighted by Gasteiger charge is 2.22. The Morgan fingerprint density at radius 2 is 2.12 bits per heavy atom. The molecule has 0 aliphatic carbocycles. The third kappa shape index (κ3) is 4.07. The van der Waals surface area contributed by atoms with Crippen LogP contribution in [0, 0.1) is 0 Å². The predicted molar refractivity (Wildman–Crippen MR) is 66.4 cm³/mol. The molecule has 0 saturated carbocycles. The van der Waals surface area contributed by atoms with Crippen molar-refractivity contribution in [3.8, 4) is 0 Å². The molecule has 1 aromatic carbocycles. The van der Waals surface area contributed by atoms with E-state index in [2.05, 4.69) is 21.2 Å². The van der Waals surface area contributed by atoms with Gasteiger partial charge >= 0.3 is 6.09 Å². The molecule has 0 heterocycles. The molecule has 1 aromatic rings. The fourth-order valence-corrected chi connectivity index (χ4v) is 1.80. The number of ether oxygens (including phenoxy) is 1. The Bertz CT molecular complexity index is 423. The minimum Gasteiger partial charge on any atom is -0.436 e. The molecule has 0 fully saturated rings. The Balaban J connectivity index is 2.82. The van der Waals surface area contributed by atoms with Crippen LogP contribution in [0.4, 0.5) is 4.79 Å².